The molecule has 0 aliphatic carbocycles. The maximum Gasteiger partial charge on any atom is -0.0776 e. The molecule has 176 valence electrons. The number of hydrogen-bond acceptors (Lipinski definition) is 2. The van der Waals surface area contributed by atoms with E-state index in [-0.39, 0.29) is 197 Å². The highest BCUT2D eigenvalue weighted by Gasteiger charge is -0.0638. The van der Waals surface area contributed by atoms with Crippen LogP contribution in [0.25, 0.3) is 0 Å². The van der Waals surface area contributed by atoms with E-state index in [9.17, 15) is 0 Å². The van der Waals surface area contributed by atoms with E-state index in [1.165, 1.54) is 0 Å². The van der Waals surface area contributed by atoms with Gasteiger partial charge in [-0.1, -0.05) is 104 Å². The van der Waals surface area contributed by atoms with Crippen LogP contribution < -0.4 is 12.3 Å². The van der Waals surface area contributed by atoms with Crippen LogP contribution in [0.15, 0.2) is 0 Å². The van der Waals surface area contributed by atoms with E-state index in [0.29, 0.717) is 0 Å². The molecule has 0 aromatic carbocycles. The Bertz CT molecular complexity index is 27.3. The largest absolute Gasteiger partial charge is 0.344 e. The minimum atomic E-state index is 0. The smallest absolute Gasteiger partial charge is 0.0776 e. The van der Waals surface area contributed by atoms with E-state index in [0.717, 1.165) is 0 Å². The minimum absolute atomic E-state index is 0. The van der Waals surface area contributed by atoms with Crippen LogP contribution in [-0.4, -0.2) is 0 Å². The summed E-state index contributed by atoms with van der Waals surface area (Å²) in [5.74, 6) is 0. The predicted octanol–water partition coefficient (Wildman–Crippen LogP) is 9.91. The van der Waals surface area contributed by atoms with Gasteiger partial charge in [-0.2, -0.15) is 81.0 Å². The fourth-order valence-electron chi connectivity index (χ4n) is 0. The Labute approximate surface area is 196 Å². The zero-order valence-electron chi connectivity index (χ0n) is 4.41. The third-order valence-electron chi connectivity index (χ3n) is 0. The van der Waals surface area contributed by atoms with Gasteiger partial charge in [-0.15, -0.1) is 0 Å². The van der Waals surface area contributed by atoms with Gasteiger partial charge in [0.15, 0.2) is 0 Å². The van der Waals surface area contributed by atoms with Crippen molar-refractivity contribution in [2.24, 2.45) is 0 Å². The van der Waals surface area contributed by atoms with Crippen molar-refractivity contribution in [1.29, 1.82) is 0 Å². The Morgan fingerprint density at radius 3 is 0.136 bits per heavy atom. The van der Waals surface area contributed by atoms with Gasteiger partial charge in [0.05, 0.1) is 0 Å². The average Bonchev–Trinajstić information content (AvgIpc) is 0. The molecule has 0 aliphatic rings. The highest BCUT2D eigenvalue weighted by molar-refractivity contribution is 7.60. The molecule has 0 aliphatic heterocycles. The second-order valence-corrected chi connectivity index (χ2v) is 0. The third-order valence-corrected chi connectivity index (χ3v) is 0. The van der Waals surface area contributed by atoms with Crippen molar-refractivity contribution in [3.05, 3.63) is 0 Å². The minimum Gasteiger partial charge on any atom is -0.344 e. The summed E-state index contributed by atoms with van der Waals surface area (Å²) in [7, 11) is 0. The Kier molecular flexibility index (Phi) is 388000. The van der Waals surface area contributed by atoms with Crippen molar-refractivity contribution in [3.8, 4) is 0 Å². The molecule has 2 nitrogen and oxygen atoms in total. The summed E-state index contributed by atoms with van der Waals surface area (Å²) < 4.78 is 0. The Morgan fingerprint density at radius 2 is 0.136 bits per heavy atom. The van der Waals surface area contributed by atoms with E-state index < -0.39 is 0 Å². The average molecular weight is 463 g/mol. The zero-order chi connectivity index (χ0) is 0. The van der Waals surface area contributed by atoms with Gasteiger partial charge in [-0.3, -0.25) is 0 Å². The highest BCUT2D eigenvalue weighted by atomic mass is 32.1. The second kappa shape index (κ2) is 2740. The monoisotopic (exact) mass is 462 g/mol. The normalized spacial score (nSPS) is 0. The molecule has 0 bridgehead atoms. The highest BCUT2D eigenvalue weighted by Crippen LogP contribution is 0.653. The van der Waals surface area contributed by atoms with E-state index in [2.05, 4.69) is 0 Å². The van der Waals surface area contributed by atoms with Gasteiger partial charge in [0.1, 0.15) is 0 Å². The molecular formula is C14H74N2S6. The van der Waals surface area contributed by atoms with Crippen LogP contribution in [-0.2, 0) is 0 Å². The molecule has 0 atom stereocenters. The lowest BCUT2D eigenvalue weighted by molar-refractivity contribution is 2.13. The van der Waals surface area contributed by atoms with Gasteiger partial charge in [0, 0.05) is 0 Å². The molecule has 0 unspecified atom stereocenters. The van der Waals surface area contributed by atoms with Gasteiger partial charge in [-0.05, 0) is 0 Å². The molecule has 0 amide bonds. The Hall–Kier alpha value is 2.02. The molecule has 8 heteroatoms. The van der Waals surface area contributed by atoms with Crippen molar-refractivity contribution in [3.63, 3.8) is 0 Å². The van der Waals surface area contributed by atoms with E-state index in [1.54, 1.807) is 0 Å². The Morgan fingerprint density at radius 1 is 0.136 bits per heavy atom. The van der Waals surface area contributed by atoms with Crippen LogP contribution in [0.3, 0.4) is 0 Å². The van der Waals surface area contributed by atoms with Crippen LogP contribution in [0.4, 0.5) is 0 Å². The predicted molar refractivity (Wildman–Crippen MR) is 167 cm³/mol. The molecule has 22 heavy (non-hydrogen) atoms. The van der Waals surface area contributed by atoms with Gasteiger partial charge in [0.2, 0.25) is 0 Å². The molecular weight excluding hydrogens is 389 g/mol. The van der Waals surface area contributed by atoms with E-state index in [1.807, 2.05) is 0 Å². The quantitative estimate of drug-likeness (QED) is 0.375. The molecule has 0 spiro atoms. The Balaban J connectivity index is 0. The summed E-state index contributed by atoms with van der Waals surface area (Å²) in [5.41, 5.74) is 0. The van der Waals surface area contributed by atoms with Crippen molar-refractivity contribution >= 4 is 81.0 Å². The van der Waals surface area contributed by atoms with Crippen molar-refractivity contribution in [2.45, 2.75) is 104 Å². The van der Waals surface area contributed by atoms with Crippen LogP contribution in [0.2, 0.25) is 0 Å². The van der Waals surface area contributed by atoms with Gasteiger partial charge in [0.25, 0.3) is 0 Å². The topological polar surface area (TPSA) is 70.0 Å². The summed E-state index contributed by atoms with van der Waals surface area (Å²) >= 11 is 0. The second-order valence-electron chi connectivity index (χ2n) is 0. The van der Waals surface area contributed by atoms with E-state index >= 15 is 0 Å². The van der Waals surface area contributed by atoms with Crippen molar-refractivity contribution < 1.29 is 0 Å². The summed E-state index contributed by atoms with van der Waals surface area (Å²) in [4.78, 5) is 0. The van der Waals surface area contributed by atoms with Gasteiger partial charge in [-0.25, -0.2) is 0 Å². The molecule has 6 N–H and O–H groups in total. The fraction of sp³-hybridized carbons (Fsp3) is 1.00. The van der Waals surface area contributed by atoms with Crippen molar-refractivity contribution in [2.75, 3.05) is 0 Å². The summed E-state index contributed by atoms with van der Waals surface area (Å²) in [6.45, 7) is 0. The number of rotatable bonds is 0. The van der Waals surface area contributed by atoms with Crippen LogP contribution >= 0.6 is 81.0 Å². The molecule has 0 fully saturated rings. The SMILES string of the molecule is C.C.C.C.C.C.C.C.C.C.C.C.C.C.N.N.S.S.S.S.S.S. The molecule has 0 radical (unpaired) electrons. The molecule has 0 saturated carbocycles. The maximum atomic E-state index is 0. The zero-order valence-corrected chi connectivity index (χ0v) is 10.4. The van der Waals surface area contributed by atoms with Crippen LogP contribution in [0.5, 0.6) is 0 Å². The molecule has 0 rings (SSSR count). The summed E-state index contributed by atoms with van der Waals surface area (Å²) in [6.07, 6.45) is 0. The lowest BCUT2D eigenvalue weighted by atomic mass is 12.0. The van der Waals surface area contributed by atoms with Crippen LogP contribution in [0.1, 0.15) is 104 Å². The maximum absolute atomic E-state index is 0. The first-order valence-corrected chi connectivity index (χ1v) is 0. The molecule has 0 heterocycles. The molecule has 0 saturated heterocycles. The fourth-order valence-corrected chi connectivity index (χ4v) is 0. The van der Waals surface area contributed by atoms with Crippen LogP contribution in [0, 0.1) is 0 Å². The standard InChI is InChI=1S/14CH4.2H3N.6H2S/h14*1H4;2*1H3;6*1H2. The van der Waals surface area contributed by atoms with Crippen molar-refractivity contribution in [1.82, 2.24) is 12.3 Å². The first-order chi connectivity index (χ1) is 0. The summed E-state index contributed by atoms with van der Waals surface area (Å²) in [5, 5.41) is 0. The number of hydrogen-bond donors (Lipinski definition) is 2. The van der Waals surface area contributed by atoms with Gasteiger partial charge < -0.3 is 12.3 Å². The first kappa shape index (κ1) is 3120. The molecule has 0 aromatic heterocycles. The first-order valence-electron chi connectivity index (χ1n) is 0. The van der Waals surface area contributed by atoms with E-state index in [4.69, 9.17) is 0 Å². The lowest BCUT2D eigenvalue weighted by Gasteiger charge is -0.345. The summed E-state index contributed by atoms with van der Waals surface area (Å²) in [6, 6.07) is 0. The molecule has 0 aromatic rings. The van der Waals surface area contributed by atoms with Gasteiger partial charge >= 0.3 is 0 Å². The third kappa shape index (κ3) is 2380. The lowest BCUT2D eigenvalue weighted by Crippen LogP contribution is -0.482.